The van der Waals surface area contributed by atoms with E-state index in [1.54, 1.807) is 0 Å². The molecule has 0 heterocycles. The van der Waals surface area contributed by atoms with E-state index in [1.165, 1.54) is 6.07 Å². The summed E-state index contributed by atoms with van der Waals surface area (Å²) in [6, 6.07) is 4.99. The lowest BCUT2D eigenvalue weighted by Gasteiger charge is -2.05. The van der Waals surface area contributed by atoms with Crippen LogP contribution in [0.4, 0.5) is 13.2 Å². The second-order valence-corrected chi connectivity index (χ2v) is 3.85. The molecule has 0 aliphatic carbocycles. The SMILES string of the molecule is Oc1c(F)cc(-c2cc(F)cc(F)c2)cc1Cl. The Balaban J connectivity index is 2.60. The summed E-state index contributed by atoms with van der Waals surface area (Å²) in [5.41, 5.74) is 0.326. The summed E-state index contributed by atoms with van der Waals surface area (Å²) in [4.78, 5) is 0. The third-order valence-electron chi connectivity index (χ3n) is 2.21. The van der Waals surface area contributed by atoms with Crippen molar-refractivity contribution >= 4 is 11.6 Å². The minimum atomic E-state index is -0.947. The normalized spacial score (nSPS) is 10.6. The summed E-state index contributed by atoms with van der Waals surface area (Å²) in [6.07, 6.45) is 0. The first-order valence-corrected chi connectivity index (χ1v) is 4.99. The van der Waals surface area contributed by atoms with Gasteiger partial charge in [0.1, 0.15) is 11.6 Å². The average molecular weight is 259 g/mol. The Morgan fingerprint density at radius 2 is 1.35 bits per heavy atom. The Labute approximate surface area is 100 Å². The van der Waals surface area contributed by atoms with Crippen molar-refractivity contribution in [1.29, 1.82) is 0 Å². The highest BCUT2D eigenvalue weighted by Gasteiger charge is 2.10. The fraction of sp³-hybridized carbons (Fsp3) is 0. The molecule has 2 rings (SSSR count). The molecule has 1 N–H and O–H groups in total. The van der Waals surface area contributed by atoms with Gasteiger partial charge in [-0.1, -0.05) is 11.6 Å². The van der Waals surface area contributed by atoms with E-state index in [-0.39, 0.29) is 16.1 Å². The second kappa shape index (κ2) is 4.30. The number of benzene rings is 2. The third kappa shape index (κ3) is 2.36. The van der Waals surface area contributed by atoms with Crippen molar-refractivity contribution in [2.75, 3.05) is 0 Å². The molecule has 0 amide bonds. The van der Waals surface area contributed by atoms with Crippen molar-refractivity contribution in [3.8, 4) is 16.9 Å². The van der Waals surface area contributed by atoms with Crippen LogP contribution in [0.25, 0.3) is 11.1 Å². The summed E-state index contributed by atoms with van der Waals surface area (Å²) in [5.74, 6) is -3.18. The van der Waals surface area contributed by atoms with Gasteiger partial charge >= 0.3 is 0 Å². The number of phenols is 1. The molecule has 2 aromatic carbocycles. The summed E-state index contributed by atoms with van der Waals surface area (Å²) in [7, 11) is 0. The quantitative estimate of drug-likeness (QED) is 0.815. The van der Waals surface area contributed by atoms with Gasteiger partial charge in [0, 0.05) is 6.07 Å². The van der Waals surface area contributed by atoms with Crippen molar-refractivity contribution in [3.05, 3.63) is 52.8 Å². The fourth-order valence-corrected chi connectivity index (χ4v) is 1.66. The van der Waals surface area contributed by atoms with E-state index in [1.807, 2.05) is 0 Å². The lowest BCUT2D eigenvalue weighted by Crippen LogP contribution is -1.86. The van der Waals surface area contributed by atoms with E-state index in [4.69, 9.17) is 16.7 Å². The molecular weight excluding hydrogens is 253 g/mol. The number of hydrogen-bond donors (Lipinski definition) is 1. The Kier molecular flexibility index (Phi) is 2.98. The third-order valence-corrected chi connectivity index (χ3v) is 2.50. The number of hydrogen-bond acceptors (Lipinski definition) is 1. The Hall–Kier alpha value is -1.68. The molecule has 0 saturated heterocycles. The van der Waals surface area contributed by atoms with Crippen LogP contribution < -0.4 is 0 Å². The van der Waals surface area contributed by atoms with Gasteiger partial charge in [0.25, 0.3) is 0 Å². The van der Waals surface area contributed by atoms with Crippen molar-refractivity contribution in [3.63, 3.8) is 0 Å². The van der Waals surface area contributed by atoms with Gasteiger partial charge in [-0.2, -0.15) is 0 Å². The van der Waals surface area contributed by atoms with E-state index < -0.39 is 23.2 Å². The van der Waals surface area contributed by atoms with E-state index in [0.29, 0.717) is 6.07 Å². The standard InChI is InChI=1S/C12H6ClF3O/c13-10-3-7(4-11(16)12(10)17)6-1-8(14)5-9(15)2-6/h1-5,17H. The van der Waals surface area contributed by atoms with E-state index in [0.717, 1.165) is 18.2 Å². The minimum absolute atomic E-state index is 0.142. The Morgan fingerprint density at radius 3 is 1.88 bits per heavy atom. The van der Waals surface area contributed by atoms with Crippen LogP contribution in [0.1, 0.15) is 0 Å². The first-order chi connectivity index (χ1) is 7.97. The minimum Gasteiger partial charge on any atom is -0.504 e. The van der Waals surface area contributed by atoms with Crippen molar-refractivity contribution in [2.24, 2.45) is 0 Å². The molecule has 2 aromatic rings. The van der Waals surface area contributed by atoms with Gasteiger partial charge < -0.3 is 5.11 Å². The molecule has 1 nitrogen and oxygen atoms in total. The summed E-state index contributed by atoms with van der Waals surface area (Å²) in [6.45, 7) is 0. The summed E-state index contributed by atoms with van der Waals surface area (Å²) >= 11 is 5.57. The lowest BCUT2D eigenvalue weighted by molar-refractivity contribution is 0.433. The average Bonchev–Trinajstić information content (AvgIpc) is 2.23. The molecule has 0 spiro atoms. The molecule has 0 unspecified atom stereocenters. The highest BCUT2D eigenvalue weighted by Crippen LogP contribution is 2.32. The largest absolute Gasteiger partial charge is 0.504 e. The van der Waals surface area contributed by atoms with Gasteiger partial charge in [-0.05, 0) is 35.4 Å². The van der Waals surface area contributed by atoms with Crippen LogP contribution in [-0.4, -0.2) is 5.11 Å². The van der Waals surface area contributed by atoms with Crippen LogP contribution in [0.5, 0.6) is 5.75 Å². The predicted octanol–water partition coefficient (Wildman–Crippen LogP) is 4.13. The zero-order valence-corrected chi connectivity index (χ0v) is 9.10. The highest BCUT2D eigenvalue weighted by atomic mass is 35.5. The maximum atomic E-state index is 13.2. The smallest absolute Gasteiger partial charge is 0.170 e. The highest BCUT2D eigenvalue weighted by molar-refractivity contribution is 6.32. The zero-order valence-electron chi connectivity index (χ0n) is 8.35. The van der Waals surface area contributed by atoms with Gasteiger partial charge in [-0.15, -0.1) is 0 Å². The van der Waals surface area contributed by atoms with Crippen molar-refractivity contribution < 1.29 is 18.3 Å². The zero-order chi connectivity index (χ0) is 12.6. The van der Waals surface area contributed by atoms with Gasteiger partial charge in [0.2, 0.25) is 0 Å². The van der Waals surface area contributed by atoms with Crippen LogP contribution >= 0.6 is 11.6 Å². The summed E-state index contributed by atoms with van der Waals surface area (Å²) < 4.78 is 39.2. The fourth-order valence-electron chi connectivity index (χ4n) is 1.45. The first kappa shape index (κ1) is 11.8. The molecule has 0 aromatic heterocycles. The van der Waals surface area contributed by atoms with Gasteiger partial charge in [0.05, 0.1) is 5.02 Å². The number of aromatic hydroxyl groups is 1. The Bertz CT molecular complexity index is 541. The maximum Gasteiger partial charge on any atom is 0.170 e. The van der Waals surface area contributed by atoms with Crippen LogP contribution in [0, 0.1) is 17.5 Å². The monoisotopic (exact) mass is 258 g/mol. The topological polar surface area (TPSA) is 20.2 Å². The van der Waals surface area contributed by atoms with Gasteiger partial charge in [-0.3, -0.25) is 0 Å². The molecule has 0 radical (unpaired) electrons. The molecule has 0 aliphatic heterocycles. The number of halogens is 4. The Morgan fingerprint density at radius 1 is 0.824 bits per heavy atom. The molecule has 0 saturated carbocycles. The van der Waals surface area contributed by atoms with Crippen LogP contribution in [0.2, 0.25) is 5.02 Å². The van der Waals surface area contributed by atoms with E-state index in [2.05, 4.69) is 0 Å². The van der Waals surface area contributed by atoms with Crippen LogP contribution in [-0.2, 0) is 0 Å². The van der Waals surface area contributed by atoms with E-state index in [9.17, 15) is 13.2 Å². The second-order valence-electron chi connectivity index (χ2n) is 3.45. The van der Waals surface area contributed by atoms with Crippen molar-refractivity contribution in [1.82, 2.24) is 0 Å². The van der Waals surface area contributed by atoms with Crippen LogP contribution in [0.15, 0.2) is 30.3 Å². The summed E-state index contributed by atoms with van der Waals surface area (Å²) in [5, 5.41) is 8.91. The number of rotatable bonds is 1. The van der Waals surface area contributed by atoms with Crippen LogP contribution in [0.3, 0.4) is 0 Å². The molecular formula is C12H6ClF3O. The van der Waals surface area contributed by atoms with Crippen molar-refractivity contribution in [2.45, 2.75) is 0 Å². The molecule has 0 bridgehead atoms. The predicted molar refractivity (Wildman–Crippen MR) is 58.4 cm³/mol. The molecule has 0 fully saturated rings. The van der Waals surface area contributed by atoms with Gasteiger partial charge in [-0.25, -0.2) is 13.2 Å². The lowest BCUT2D eigenvalue weighted by atomic mass is 10.1. The molecule has 88 valence electrons. The number of phenolic OH excluding ortho intramolecular Hbond substituents is 1. The maximum absolute atomic E-state index is 13.2. The first-order valence-electron chi connectivity index (χ1n) is 4.62. The van der Waals surface area contributed by atoms with E-state index >= 15 is 0 Å². The molecule has 0 aliphatic rings. The molecule has 17 heavy (non-hydrogen) atoms. The molecule has 0 atom stereocenters. The molecule has 5 heteroatoms. The van der Waals surface area contributed by atoms with Gasteiger partial charge in [0.15, 0.2) is 11.6 Å².